The molecule has 0 aliphatic rings. The average molecular weight is 414 g/mol. The van der Waals surface area contributed by atoms with Gasteiger partial charge < -0.3 is 9.88 Å². The predicted molar refractivity (Wildman–Crippen MR) is 122 cm³/mol. The first-order valence-corrected chi connectivity index (χ1v) is 10.5. The summed E-state index contributed by atoms with van der Waals surface area (Å²) in [6.45, 7) is 6.19. The summed E-state index contributed by atoms with van der Waals surface area (Å²) in [5.74, 6) is -0.0989. The Hall–Kier alpha value is -3.67. The third-order valence-electron chi connectivity index (χ3n) is 5.41. The fourth-order valence-electron chi connectivity index (χ4n) is 3.52. The van der Waals surface area contributed by atoms with E-state index < -0.39 is 0 Å². The number of carbonyl (C=O) groups is 1. The number of rotatable bonds is 8. The molecule has 0 aliphatic heterocycles. The van der Waals surface area contributed by atoms with Crippen LogP contribution >= 0.6 is 0 Å². The van der Waals surface area contributed by atoms with Gasteiger partial charge in [-0.2, -0.15) is 5.10 Å². The van der Waals surface area contributed by atoms with Crippen LogP contribution < -0.4 is 5.32 Å². The molecule has 158 valence electrons. The maximum absolute atomic E-state index is 13.0. The lowest BCUT2D eigenvalue weighted by atomic mass is 10.0. The van der Waals surface area contributed by atoms with Crippen LogP contribution in [0, 0.1) is 13.8 Å². The van der Waals surface area contributed by atoms with Crippen LogP contribution in [0.25, 0.3) is 11.3 Å². The molecule has 31 heavy (non-hydrogen) atoms. The van der Waals surface area contributed by atoms with E-state index in [1.165, 1.54) is 11.1 Å². The zero-order valence-corrected chi connectivity index (χ0v) is 18.0. The van der Waals surface area contributed by atoms with Crippen LogP contribution in [0.5, 0.6) is 0 Å². The fraction of sp³-hybridized carbons (Fsp3) is 0.240. The Kier molecular flexibility index (Phi) is 6.26. The molecule has 2 aromatic carbocycles. The molecule has 0 unspecified atom stereocenters. The zero-order chi connectivity index (χ0) is 21.6. The lowest BCUT2D eigenvalue weighted by molar-refractivity contribution is 0.0953. The van der Waals surface area contributed by atoms with Crippen molar-refractivity contribution < 1.29 is 4.79 Å². The van der Waals surface area contributed by atoms with Crippen LogP contribution in [0.2, 0.25) is 0 Å². The monoisotopic (exact) mass is 413 g/mol. The maximum atomic E-state index is 13.0. The van der Waals surface area contributed by atoms with E-state index in [-0.39, 0.29) is 5.91 Å². The average Bonchev–Trinajstić information content (AvgIpc) is 3.44. The molecule has 0 fully saturated rings. The van der Waals surface area contributed by atoms with Crippen LogP contribution in [0.1, 0.15) is 33.5 Å². The molecule has 6 nitrogen and oxygen atoms in total. The van der Waals surface area contributed by atoms with Crippen molar-refractivity contribution in [1.82, 2.24) is 24.6 Å². The van der Waals surface area contributed by atoms with Crippen molar-refractivity contribution in [3.05, 3.63) is 95.7 Å². The Balaban J connectivity index is 1.54. The SMILES string of the molecule is Cc1ccc(-c2nn(Cc3ccccc3)cc2C(=O)NCCCn2ccnc2)cc1C. The largest absolute Gasteiger partial charge is 0.352 e. The number of nitrogens with one attached hydrogen (secondary N) is 1. The molecule has 1 amide bonds. The second-order valence-corrected chi connectivity index (χ2v) is 7.78. The predicted octanol–water partition coefficient (Wildman–Crippen LogP) is 4.23. The van der Waals surface area contributed by atoms with Gasteiger partial charge in [-0.05, 0) is 43.0 Å². The number of carbonyl (C=O) groups excluding carboxylic acids is 1. The smallest absolute Gasteiger partial charge is 0.255 e. The number of aryl methyl sites for hydroxylation is 3. The van der Waals surface area contributed by atoms with Crippen molar-refractivity contribution in [1.29, 1.82) is 0 Å². The lowest BCUT2D eigenvalue weighted by Crippen LogP contribution is -2.25. The van der Waals surface area contributed by atoms with Crippen LogP contribution in [-0.2, 0) is 13.1 Å². The maximum Gasteiger partial charge on any atom is 0.255 e. The van der Waals surface area contributed by atoms with E-state index in [0.717, 1.165) is 24.1 Å². The summed E-state index contributed by atoms with van der Waals surface area (Å²) in [7, 11) is 0. The Bertz CT molecular complexity index is 1150. The standard InChI is InChI=1S/C25H27N5O/c1-19-9-10-22(15-20(19)2)24-23(17-30(28-24)16-21-7-4-3-5-8-21)25(31)27-11-6-13-29-14-12-26-18-29/h3-5,7-10,12,14-15,17-18H,6,11,13,16H2,1-2H3,(H,27,31). The van der Waals surface area contributed by atoms with Gasteiger partial charge in [-0.25, -0.2) is 4.98 Å². The minimum Gasteiger partial charge on any atom is -0.352 e. The molecule has 0 bridgehead atoms. The molecule has 0 atom stereocenters. The number of nitrogens with zero attached hydrogens (tertiary/aromatic N) is 4. The first-order chi connectivity index (χ1) is 15.1. The van der Waals surface area contributed by atoms with Gasteiger partial charge in [-0.1, -0.05) is 42.5 Å². The van der Waals surface area contributed by atoms with E-state index in [9.17, 15) is 4.79 Å². The molecule has 4 aromatic rings. The molecule has 2 heterocycles. The molecule has 2 aromatic heterocycles. The second kappa shape index (κ2) is 9.43. The number of aromatic nitrogens is 4. The van der Waals surface area contributed by atoms with Gasteiger partial charge >= 0.3 is 0 Å². The van der Waals surface area contributed by atoms with Gasteiger partial charge in [0.05, 0.1) is 18.4 Å². The van der Waals surface area contributed by atoms with Gasteiger partial charge in [0, 0.05) is 37.2 Å². The summed E-state index contributed by atoms with van der Waals surface area (Å²) in [5, 5.41) is 7.83. The highest BCUT2D eigenvalue weighted by atomic mass is 16.1. The molecule has 1 N–H and O–H groups in total. The summed E-state index contributed by atoms with van der Waals surface area (Å²) < 4.78 is 3.85. The van der Waals surface area contributed by atoms with Crippen LogP contribution in [0.4, 0.5) is 0 Å². The van der Waals surface area contributed by atoms with Crippen molar-refractivity contribution >= 4 is 5.91 Å². The summed E-state index contributed by atoms with van der Waals surface area (Å²) >= 11 is 0. The van der Waals surface area contributed by atoms with Gasteiger partial charge in [-0.15, -0.1) is 0 Å². The molecule has 0 saturated carbocycles. The minimum absolute atomic E-state index is 0.0989. The summed E-state index contributed by atoms with van der Waals surface area (Å²) in [6, 6.07) is 16.4. The van der Waals surface area contributed by atoms with E-state index in [1.54, 1.807) is 12.5 Å². The van der Waals surface area contributed by atoms with E-state index in [2.05, 4.69) is 48.4 Å². The number of hydrogen-bond acceptors (Lipinski definition) is 3. The van der Waals surface area contributed by atoms with Gasteiger partial charge in [0.1, 0.15) is 5.69 Å². The summed E-state index contributed by atoms with van der Waals surface area (Å²) in [6.07, 6.45) is 8.15. The van der Waals surface area contributed by atoms with Crippen molar-refractivity contribution in [2.24, 2.45) is 0 Å². The van der Waals surface area contributed by atoms with Gasteiger partial charge in [-0.3, -0.25) is 9.48 Å². The Morgan fingerprint density at radius 1 is 1.06 bits per heavy atom. The molecular weight excluding hydrogens is 386 g/mol. The topological polar surface area (TPSA) is 64.7 Å². The third-order valence-corrected chi connectivity index (χ3v) is 5.41. The van der Waals surface area contributed by atoms with E-state index >= 15 is 0 Å². The number of amides is 1. The highest BCUT2D eigenvalue weighted by Gasteiger charge is 2.18. The molecule has 4 rings (SSSR count). The normalized spacial score (nSPS) is 10.9. The van der Waals surface area contributed by atoms with Crippen molar-refractivity contribution in [2.75, 3.05) is 6.54 Å². The second-order valence-electron chi connectivity index (χ2n) is 7.78. The van der Waals surface area contributed by atoms with E-state index in [0.29, 0.717) is 24.3 Å². The zero-order valence-electron chi connectivity index (χ0n) is 18.0. The molecular formula is C25H27N5O. The Morgan fingerprint density at radius 2 is 1.90 bits per heavy atom. The molecule has 0 spiro atoms. The quantitative estimate of drug-likeness (QED) is 0.440. The summed E-state index contributed by atoms with van der Waals surface area (Å²) in [5.41, 5.74) is 5.81. The minimum atomic E-state index is -0.0989. The highest BCUT2D eigenvalue weighted by molar-refractivity contribution is 5.99. The first-order valence-electron chi connectivity index (χ1n) is 10.5. The van der Waals surface area contributed by atoms with Crippen molar-refractivity contribution in [2.45, 2.75) is 33.4 Å². The first kappa shape index (κ1) is 20.6. The molecule has 0 aliphatic carbocycles. The summed E-state index contributed by atoms with van der Waals surface area (Å²) in [4.78, 5) is 17.1. The van der Waals surface area contributed by atoms with Crippen molar-refractivity contribution in [3.63, 3.8) is 0 Å². The van der Waals surface area contributed by atoms with Crippen molar-refractivity contribution in [3.8, 4) is 11.3 Å². The fourth-order valence-corrected chi connectivity index (χ4v) is 3.52. The van der Waals surface area contributed by atoms with Gasteiger partial charge in [0.15, 0.2) is 0 Å². The third kappa shape index (κ3) is 5.09. The number of benzene rings is 2. The van der Waals surface area contributed by atoms with E-state index in [1.807, 2.05) is 45.9 Å². The Labute approximate surface area is 182 Å². The Morgan fingerprint density at radius 3 is 2.65 bits per heavy atom. The highest BCUT2D eigenvalue weighted by Crippen LogP contribution is 2.25. The van der Waals surface area contributed by atoms with E-state index in [4.69, 9.17) is 5.10 Å². The van der Waals surface area contributed by atoms with Crippen LogP contribution in [0.3, 0.4) is 0 Å². The van der Waals surface area contributed by atoms with Crippen LogP contribution in [0.15, 0.2) is 73.4 Å². The van der Waals surface area contributed by atoms with Crippen LogP contribution in [-0.4, -0.2) is 31.8 Å². The number of hydrogen-bond donors (Lipinski definition) is 1. The molecule has 0 saturated heterocycles. The molecule has 0 radical (unpaired) electrons. The lowest BCUT2D eigenvalue weighted by Gasteiger charge is -2.07. The van der Waals surface area contributed by atoms with Gasteiger partial charge in [0.25, 0.3) is 5.91 Å². The van der Waals surface area contributed by atoms with Gasteiger partial charge in [0.2, 0.25) is 0 Å². The number of imidazole rings is 1. The molecule has 6 heteroatoms.